The summed E-state index contributed by atoms with van der Waals surface area (Å²) in [5.41, 5.74) is 2.70. The van der Waals surface area contributed by atoms with Crippen LogP contribution in [-0.2, 0) is 13.1 Å². The molecule has 1 heterocycles. The van der Waals surface area contributed by atoms with Gasteiger partial charge in [0, 0.05) is 11.4 Å². The minimum atomic E-state index is -0.182. The first kappa shape index (κ1) is 20.8. The summed E-state index contributed by atoms with van der Waals surface area (Å²) in [5, 5.41) is 7.62. The molecule has 0 fully saturated rings. The molecule has 24 heavy (non-hydrogen) atoms. The number of guanidine groups is 1. The van der Waals surface area contributed by atoms with Crippen LogP contribution in [-0.4, -0.2) is 17.5 Å². The lowest BCUT2D eigenvalue weighted by Gasteiger charge is -2.11. The van der Waals surface area contributed by atoms with Gasteiger partial charge < -0.3 is 10.6 Å². The van der Waals surface area contributed by atoms with Crippen molar-refractivity contribution >= 4 is 41.3 Å². The molecule has 0 unspecified atom stereocenters. The number of aliphatic imine (C=N–C) groups is 1. The Hall–Kier alpha value is -1.22. The highest BCUT2D eigenvalue weighted by molar-refractivity contribution is 14.0. The number of rotatable bonds is 5. The van der Waals surface area contributed by atoms with Crippen molar-refractivity contribution in [1.82, 2.24) is 15.6 Å². The Morgan fingerprint density at radius 3 is 2.58 bits per heavy atom. The minimum Gasteiger partial charge on any atom is -0.357 e. The Labute approximate surface area is 164 Å². The summed E-state index contributed by atoms with van der Waals surface area (Å²) in [5.74, 6) is 0.568. The first-order valence-corrected chi connectivity index (χ1v) is 8.51. The van der Waals surface area contributed by atoms with E-state index in [9.17, 15) is 4.39 Å². The Morgan fingerprint density at radius 2 is 2.00 bits per heavy atom. The van der Waals surface area contributed by atoms with Crippen LogP contribution in [0.2, 0.25) is 0 Å². The maximum atomic E-state index is 13.3. The number of halogens is 2. The molecule has 1 aromatic carbocycles. The van der Waals surface area contributed by atoms with Crippen LogP contribution in [0.1, 0.15) is 33.6 Å². The third-order valence-electron chi connectivity index (χ3n) is 3.40. The maximum absolute atomic E-state index is 13.3. The molecule has 0 saturated heterocycles. The average Bonchev–Trinajstić information content (AvgIpc) is 2.83. The fourth-order valence-electron chi connectivity index (χ4n) is 2.22. The molecule has 1 aromatic heterocycles. The number of nitrogens with zero attached hydrogens (tertiary/aromatic N) is 2. The van der Waals surface area contributed by atoms with E-state index in [4.69, 9.17) is 0 Å². The first-order valence-electron chi connectivity index (χ1n) is 7.69. The molecule has 0 radical (unpaired) electrons. The fourth-order valence-corrected chi connectivity index (χ4v) is 3.10. The predicted octanol–water partition coefficient (Wildman–Crippen LogP) is 4.08. The van der Waals surface area contributed by atoms with Gasteiger partial charge in [0.15, 0.2) is 5.96 Å². The molecule has 132 valence electrons. The molecule has 0 spiro atoms. The lowest BCUT2D eigenvalue weighted by atomic mass is 10.1. The summed E-state index contributed by atoms with van der Waals surface area (Å²) in [6.45, 7) is 9.82. The van der Waals surface area contributed by atoms with Crippen LogP contribution in [0.15, 0.2) is 23.2 Å². The van der Waals surface area contributed by atoms with Gasteiger partial charge in [0.05, 0.1) is 23.8 Å². The highest BCUT2D eigenvalue weighted by atomic mass is 127. The minimum absolute atomic E-state index is 0. The third kappa shape index (κ3) is 6.01. The van der Waals surface area contributed by atoms with E-state index < -0.39 is 0 Å². The van der Waals surface area contributed by atoms with Gasteiger partial charge in [-0.25, -0.2) is 14.4 Å². The van der Waals surface area contributed by atoms with Gasteiger partial charge in [0.25, 0.3) is 0 Å². The summed E-state index contributed by atoms with van der Waals surface area (Å²) >= 11 is 1.69. The van der Waals surface area contributed by atoms with E-state index in [1.807, 2.05) is 26.8 Å². The summed E-state index contributed by atoms with van der Waals surface area (Å²) in [6.07, 6.45) is 0. The Kier molecular flexibility index (Phi) is 8.61. The molecule has 0 aliphatic rings. The van der Waals surface area contributed by atoms with Crippen molar-refractivity contribution in [2.75, 3.05) is 6.54 Å². The van der Waals surface area contributed by atoms with Crippen LogP contribution in [0.3, 0.4) is 0 Å². The van der Waals surface area contributed by atoms with Gasteiger partial charge >= 0.3 is 0 Å². The fraction of sp³-hybridized carbons (Fsp3) is 0.412. The lowest BCUT2D eigenvalue weighted by molar-refractivity contribution is 0.617. The van der Waals surface area contributed by atoms with E-state index in [1.54, 1.807) is 24.3 Å². The molecule has 0 amide bonds. The molecule has 2 N–H and O–H groups in total. The normalized spacial score (nSPS) is 11.1. The van der Waals surface area contributed by atoms with Crippen molar-refractivity contribution < 1.29 is 4.39 Å². The van der Waals surface area contributed by atoms with E-state index in [2.05, 4.69) is 20.6 Å². The zero-order valence-corrected chi connectivity index (χ0v) is 17.6. The monoisotopic (exact) mass is 462 g/mol. The number of aryl methyl sites for hydroxylation is 3. The van der Waals surface area contributed by atoms with Crippen LogP contribution in [0.5, 0.6) is 0 Å². The molecule has 7 heteroatoms. The summed E-state index contributed by atoms with van der Waals surface area (Å²) in [6, 6.07) is 5.09. The van der Waals surface area contributed by atoms with Crippen molar-refractivity contribution in [3.05, 3.63) is 50.7 Å². The number of hydrogen-bond acceptors (Lipinski definition) is 3. The standard InChI is InChI=1S/C17H23FN4S.HI/c1-5-19-17(21-10-16-12(3)22-13(4)23-16)20-9-14-6-7-15(18)11(2)8-14;/h6-8H,5,9-10H2,1-4H3,(H2,19,20,21);1H. The van der Waals surface area contributed by atoms with Crippen LogP contribution in [0.4, 0.5) is 4.39 Å². The van der Waals surface area contributed by atoms with Gasteiger partial charge in [-0.15, -0.1) is 35.3 Å². The Morgan fingerprint density at radius 1 is 1.25 bits per heavy atom. The zero-order valence-electron chi connectivity index (χ0n) is 14.4. The Bertz CT molecular complexity index is 700. The molecule has 2 rings (SSSR count). The molecule has 0 atom stereocenters. The second-order valence-corrected chi connectivity index (χ2v) is 6.66. The second-order valence-electron chi connectivity index (χ2n) is 5.37. The molecule has 2 aromatic rings. The summed E-state index contributed by atoms with van der Waals surface area (Å²) in [4.78, 5) is 10.2. The third-order valence-corrected chi connectivity index (χ3v) is 4.48. The van der Waals surface area contributed by atoms with Crippen molar-refractivity contribution in [3.8, 4) is 0 Å². The first-order chi connectivity index (χ1) is 11.0. The quantitative estimate of drug-likeness (QED) is 0.400. The molecule has 0 bridgehead atoms. The van der Waals surface area contributed by atoms with Gasteiger partial charge in [-0.2, -0.15) is 0 Å². The topological polar surface area (TPSA) is 49.3 Å². The molecule has 0 aliphatic carbocycles. The highest BCUT2D eigenvalue weighted by Crippen LogP contribution is 2.16. The van der Waals surface area contributed by atoms with Gasteiger partial charge in [-0.05, 0) is 44.9 Å². The van der Waals surface area contributed by atoms with Crippen LogP contribution < -0.4 is 10.6 Å². The SMILES string of the molecule is CCNC(=NCc1ccc(F)c(C)c1)NCc1sc(C)nc1C.I. The molecule has 0 aliphatic heterocycles. The van der Waals surface area contributed by atoms with Crippen molar-refractivity contribution in [1.29, 1.82) is 0 Å². The summed E-state index contributed by atoms with van der Waals surface area (Å²) in [7, 11) is 0. The average molecular weight is 462 g/mol. The number of aromatic nitrogens is 1. The van der Waals surface area contributed by atoms with E-state index >= 15 is 0 Å². The maximum Gasteiger partial charge on any atom is 0.191 e. The number of nitrogens with one attached hydrogen (secondary N) is 2. The second kappa shape index (κ2) is 9.93. The lowest BCUT2D eigenvalue weighted by Crippen LogP contribution is -2.36. The van der Waals surface area contributed by atoms with Crippen LogP contribution in [0.25, 0.3) is 0 Å². The molecular formula is C17H24FIN4S. The number of hydrogen-bond donors (Lipinski definition) is 2. The largest absolute Gasteiger partial charge is 0.357 e. The molecule has 4 nitrogen and oxygen atoms in total. The number of benzene rings is 1. The molecular weight excluding hydrogens is 438 g/mol. The van der Waals surface area contributed by atoms with Gasteiger partial charge in [0.1, 0.15) is 5.82 Å². The van der Waals surface area contributed by atoms with Gasteiger partial charge in [-0.1, -0.05) is 12.1 Å². The highest BCUT2D eigenvalue weighted by Gasteiger charge is 2.06. The predicted molar refractivity (Wildman–Crippen MR) is 110 cm³/mol. The van der Waals surface area contributed by atoms with Crippen LogP contribution >= 0.6 is 35.3 Å². The van der Waals surface area contributed by atoms with E-state index in [0.29, 0.717) is 18.7 Å². The zero-order chi connectivity index (χ0) is 16.8. The van der Waals surface area contributed by atoms with E-state index in [0.717, 1.165) is 28.8 Å². The van der Waals surface area contributed by atoms with E-state index in [-0.39, 0.29) is 29.8 Å². The Balaban J connectivity index is 0.00000288. The van der Waals surface area contributed by atoms with Crippen LogP contribution in [0, 0.1) is 26.6 Å². The van der Waals surface area contributed by atoms with Crippen molar-refractivity contribution in [2.24, 2.45) is 4.99 Å². The smallest absolute Gasteiger partial charge is 0.191 e. The van der Waals surface area contributed by atoms with E-state index in [1.165, 1.54) is 10.9 Å². The van der Waals surface area contributed by atoms with Crippen molar-refractivity contribution in [2.45, 2.75) is 40.8 Å². The molecule has 0 saturated carbocycles. The van der Waals surface area contributed by atoms with Gasteiger partial charge in [-0.3, -0.25) is 0 Å². The van der Waals surface area contributed by atoms with Crippen molar-refractivity contribution in [3.63, 3.8) is 0 Å². The van der Waals surface area contributed by atoms with Gasteiger partial charge in [0.2, 0.25) is 0 Å². The number of thiazole rings is 1. The summed E-state index contributed by atoms with van der Waals surface area (Å²) < 4.78 is 13.3.